The Hall–Kier alpha value is -1.59. The molecule has 0 spiro atoms. The number of ether oxygens (including phenoxy) is 1. The molecule has 2 rings (SSSR count). The third-order valence-corrected chi connectivity index (χ3v) is 3.67. The fraction of sp³-hybridized carbons (Fsp3) is 0.800. The van der Waals surface area contributed by atoms with Crippen LogP contribution < -0.4 is 5.32 Å². The lowest BCUT2D eigenvalue weighted by Gasteiger charge is -2.27. The summed E-state index contributed by atoms with van der Waals surface area (Å²) in [5, 5.41) is 10.8. The van der Waals surface area contributed by atoms with Crippen LogP contribution in [0.15, 0.2) is 4.42 Å². The number of aromatic nitrogens is 2. The van der Waals surface area contributed by atoms with Gasteiger partial charge in [0.2, 0.25) is 11.8 Å². The average Bonchev–Trinajstić information content (AvgIpc) is 2.82. The van der Waals surface area contributed by atoms with Gasteiger partial charge in [0.1, 0.15) is 5.60 Å². The van der Waals surface area contributed by atoms with Gasteiger partial charge >= 0.3 is 6.09 Å². The number of nitrogens with one attached hydrogen (secondary N) is 1. The standard InChI is InChI=1S/C15H25N3O3/c1-10-17-18-13(20-10)12-7-5-11(6-8-12)9-16-14(19)21-15(2,3)4/h11-12H,5-9H2,1-4H3,(H,16,19). The summed E-state index contributed by atoms with van der Waals surface area (Å²) >= 11 is 0. The van der Waals surface area contributed by atoms with Gasteiger partial charge in [0, 0.05) is 19.4 Å². The number of amides is 1. The van der Waals surface area contributed by atoms with Crippen LogP contribution in [0, 0.1) is 12.8 Å². The molecule has 1 amide bonds. The normalized spacial score (nSPS) is 22.9. The van der Waals surface area contributed by atoms with E-state index in [1.54, 1.807) is 0 Å². The summed E-state index contributed by atoms with van der Waals surface area (Å²) in [7, 11) is 0. The van der Waals surface area contributed by atoms with E-state index in [-0.39, 0.29) is 6.09 Å². The molecule has 1 aliphatic carbocycles. The number of rotatable bonds is 3. The number of nitrogens with zero attached hydrogens (tertiary/aromatic N) is 2. The number of hydrogen-bond acceptors (Lipinski definition) is 5. The molecular weight excluding hydrogens is 270 g/mol. The van der Waals surface area contributed by atoms with E-state index in [1.165, 1.54) is 0 Å². The number of aryl methyl sites for hydroxylation is 1. The van der Waals surface area contributed by atoms with Crippen LogP contribution >= 0.6 is 0 Å². The zero-order valence-corrected chi connectivity index (χ0v) is 13.3. The molecule has 0 aliphatic heterocycles. The highest BCUT2D eigenvalue weighted by molar-refractivity contribution is 5.67. The topological polar surface area (TPSA) is 77.2 Å². The molecule has 0 radical (unpaired) electrons. The highest BCUT2D eigenvalue weighted by Gasteiger charge is 2.26. The number of carbonyl (C=O) groups excluding carboxylic acids is 1. The first kappa shape index (κ1) is 15.8. The van der Waals surface area contributed by atoms with E-state index in [1.807, 2.05) is 27.7 Å². The SMILES string of the molecule is Cc1nnc(C2CCC(CNC(=O)OC(C)(C)C)CC2)o1. The van der Waals surface area contributed by atoms with Gasteiger partial charge < -0.3 is 14.5 Å². The summed E-state index contributed by atoms with van der Waals surface area (Å²) < 4.78 is 10.7. The Morgan fingerprint density at radius 3 is 2.48 bits per heavy atom. The van der Waals surface area contributed by atoms with Gasteiger partial charge in [0.25, 0.3) is 0 Å². The third kappa shape index (κ3) is 5.02. The molecule has 0 aromatic carbocycles. The lowest BCUT2D eigenvalue weighted by atomic mass is 9.82. The molecule has 0 bridgehead atoms. The highest BCUT2D eigenvalue weighted by atomic mass is 16.6. The lowest BCUT2D eigenvalue weighted by molar-refractivity contribution is 0.0514. The van der Waals surface area contributed by atoms with E-state index in [2.05, 4.69) is 15.5 Å². The first-order valence-corrected chi connectivity index (χ1v) is 7.60. The number of carbonyl (C=O) groups is 1. The monoisotopic (exact) mass is 295 g/mol. The van der Waals surface area contributed by atoms with Crippen LogP contribution in [0.3, 0.4) is 0 Å². The molecule has 21 heavy (non-hydrogen) atoms. The van der Waals surface area contributed by atoms with Crippen molar-refractivity contribution in [1.29, 1.82) is 0 Å². The van der Waals surface area contributed by atoms with E-state index >= 15 is 0 Å². The first-order valence-electron chi connectivity index (χ1n) is 7.60. The predicted octanol–water partition coefficient (Wildman–Crippen LogP) is 3.18. The van der Waals surface area contributed by atoms with Crippen molar-refractivity contribution in [3.05, 3.63) is 11.8 Å². The average molecular weight is 295 g/mol. The molecule has 1 fully saturated rings. The van der Waals surface area contributed by atoms with Crippen molar-refractivity contribution in [3.8, 4) is 0 Å². The van der Waals surface area contributed by atoms with Crippen molar-refractivity contribution in [3.63, 3.8) is 0 Å². The fourth-order valence-electron chi connectivity index (χ4n) is 2.63. The van der Waals surface area contributed by atoms with Gasteiger partial charge in [0.15, 0.2) is 0 Å². The highest BCUT2D eigenvalue weighted by Crippen LogP contribution is 2.34. The molecule has 1 aromatic heterocycles. The van der Waals surface area contributed by atoms with Gasteiger partial charge in [-0.1, -0.05) is 0 Å². The number of alkyl carbamates (subject to hydrolysis) is 1. The van der Waals surface area contributed by atoms with Crippen molar-refractivity contribution in [2.45, 2.75) is 64.9 Å². The van der Waals surface area contributed by atoms with Crippen LogP contribution in [0.2, 0.25) is 0 Å². The summed E-state index contributed by atoms with van der Waals surface area (Å²) in [6, 6.07) is 0. The molecule has 1 aromatic rings. The summed E-state index contributed by atoms with van der Waals surface area (Å²) in [5.41, 5.74) is -0.447. The zero-order chi connectivity index (χ0) is 15.5. The maximum atomic E-state index is 11.6. The van der Waals surface area contributed by atoms with Crippen LogP contribution in [0.1, 0.15) is 64.2 Å². The van der Waals surface area contributed by atoms with Gasteiger partial charge in [-0.25, -0.2) is 4.79 Å². The molecular formula is C15H25N3O3. The summed E-state index contributed by atoms with van der Waals surface area (Å²) in [6.45, 7) is 8.08. The second-order valence-electron chi connectivity index (χ2n) is 6.76. The smallest absolute Gasteiger partial charge is 0.407 e. The lowest BCUT2D eigenvalue weighted by Crippen LogP contribution is -2.36. The molecule has 0 unspecified atom stereocenters. The Labute approximate surface area is 125 Å². The van der Waals surface area contributed by atoms with Crippen LogP contribution in [-0.2, 0) is 4.74 Å². The Morgan fingerprint density at radius 2 is 1.95 bits per heavy atom. The van der Waals surface area contributed by atoms with Gasteiger partial charge in [-0.3, -0.25) is 0 Å². The quantitative estimate of drug-likeness (QED) is 0.926. The van der Waals surface area contributed by atoms with Crippen molar-refractivity contribution >= 4 is 6.09 Å². The second-order valence-corrected chi connectivity index (χ2v) is 6.76. The largest absolute Gasteiger partial charge is 0.444 e. The molecule has 1 aliphatic rings. The molecule has 1 heterocycles. The second kappa shape index (κ2) is 6.45. The van der Waals surface area contributed by atoms with Crippen molar-refractivity contribution in [2.75, 3.05) is 6.54 Å². The van der Waals surface area contributed by atoms with Crippen molar-refractivity contribution < 1.29 is 13.9 Å². The van der Waals surface area contributed by atoms with Gasteiger partial charge in [-0.15, -0.1) is 10.2 Å². The maximum absolute atomic E-state index is 11.6. The van der Waals surface area contributed by atoms with Gasteiger partial charge in [-0.05, 0) is 52.4 Å². The number of hydrogen-bond donors (Lipinski definition) is 1. The van der Waals surface area contributed by atoms with Crippen LogP contribution in [0.25, 0.3) is 0 Å². The fourth-order valence-corrected chi connectivity index (χ4v) is 2.63. The molecule has 1 saturated carbocycles. The van der Waals surface area contributed by atoms with Crippen LogP contribution in [0.4, 0.5) is 4.79 Å². The molecule has 1 N–H and O–H groups in total. The Kier molecular flexibility index (Phi) is 4.85. The summed E-state index contributed by atoms with van der Waals surface area (Å²) in [4.78, 5) is 11.6. The predicted molar refractivity (Wildman–Crippen MR) is 78.0 cm³/mol. The molecule has 0 atom stereocenters. The molecule has 6 nitrogen and oxygen atoms in total. The van der Waals surface area contributed by atoms with Crippen LogP contribution in [0.5, 0.6) is 0 Å². The van der Waals surface area contributed by atoms with Crippen LogP contribution in [-0.4, -0.2) is 28.4 Å². The van der Waals surface area contributed by atoms with E-state index in [0.717, 1.165) is 31.6 Å². The first-order chi connectivity index (χ1) is 9.83. The Bertz CT molecular complexity index is 471. The Balaban J connectivity index is 1.71. The van der Waals surface area contributed by atoms with E-state index < -0.39 is 5.60 Å². The maximum Gasteiger partial charge on any atom is 0.407 e. The third-order valence-electron chi connectivity index (χ3n) is 3.67. The molecule has 118 valence electrons. The Morgan fingerprint density at radius 1 is 1.29 bits per heavy atom. The minimum atomic E-state index is -0.447. The van der Waals surface area contributed by atoms with Gasteiger partial charge in [-0.2, -0.15) is 0 Å². The van der Waals surface area contributed by atoms with E-state index in [9.17, 15) is 4.79 Å². The minimum Gasteiger partial charge on any atom is -0.444 e. The van der Waals surface area contributed by atoms with Crippen molar-refractivity contribution in [2.24, 2.45) is 5.92 Å². The van der Waals surface area contributed by atoms with E-state index in [4.69, 9.17) is 9.15 Å². The molecule has 0 saturated heterocycles. The van der Waals surface area contributed by atoms with Crippen molar-refractivity contribution in [1.82, 2.24) is 15.5 Å². The minimum absolute atomic E-state index is 0.336. The summed E-state index contributed by atoms with van der Waals surface area (Å²) in [5.74, 6) is 2.24. The molecule has 6 heteroatoms. The zero-order valence-electron chi connectivity index (χ0n) is 13.3. The van der Waals surface area contributed by atoms with Gasteiger partial charge in [0.05, 0.1) is 0 Å². The summed E-state index contributed by atoms with van der Waals surface area (Å²) in [6.07, 6.45) is 3.84. The van der Waals surface area contributed by atoms with E-state index in [0.29, 0.717) is 24.3 Å².